The zero-order chi connectivity index (χ0) is 19.1. The molecule has 3 rings (SSSR count). The number of rotatable bonds is 7. The lowest BCUT2D eigenvalue weighted by molar-refractivity contribution is -0.137. The Hall–Kier alpha value is -1.27. The highest BCUT2D eigenvalue weighted by molar-refractivity contribution is 5.85. The molecule has 0 spiro atoms. The van der Waals surface area contributed by atoms with Crippen molar-refractivity contribution >= 4 is 24.8 Å². The Kier molecular flexibility index (Phi) is 11.0. The first kappa shape index (κ1) is 25.8. The van der Waals surface area contributed by atoms with Crippen LogP contribution in [0.4, 0.5) is 13.2 Å². The number of piperazine rings is 1. The fourth-order valence-electron chi connectivity index (χ4n) is 3.58. The predicted octanol–water partition coefficient (Wildman–Crippen LogP) is 5.34. The van der Waals surface area contributed by atoms with Crippen molar-refractivity contribution in [1.29, 1.82) is 0 Å². The van der Waals surface area contributed by atoms with Crippen LogP contribution in [0.3, 0.4) is 0 Å². The fourth-order valence-corrected chi connectivity index (χ4v) is 3.58. The van der Waals surface area contributed by atoms with Gasteiger partial charge in [0.1, 0.15) is 0 Å². The van der Waals surface area contributed by atoms with E-state index < -0.39 is 11.7 Å². The molecule has 0 aromatic heterocycles. The van der Waals surface area contributed by atoms with Gasteiger partial charge < -0.3 is 9.80 Å². The van der Waals surface area contributed by atoms with Crippen LogP contribution in [-0.2, 0) is 19.0 Å². The Morgan fingerprint density at radius 3 is 1.90 bits per heavy atom. The maximum absolute atomic E-state index is 12.8. The monoisotopic (exact) mass is 448 g/mol. The van der Waals surface area contributed by atoms with E-state index in [4.69, 9.17) is 0 Å². The summed E-state index contributed by atoms with van der Waals surface area (Å²) < 4.78 is 38.4. The standard InChI is InChI=1S/C22H27F3N2.2ClH/c23-22(24,25)21-10-4-8-20(18-21)11-13-27-16-14-26(15-17-27)12-5-9-19-6-2-1-3-7-19;;/h1-4,6-8,10,18H,5,9,11-17H2;2*1H. The van der Waals surface area contributed by atoms with Gasteiger partial charge in [-0.15, -0.1) is 24.8 Å². The smallest absolute Gasteiger partial charge is 0.301 e. The first-order valence-electron chi connectivity index (χ1n) is 9.65. The highest BCUT2D eigenvalue weighted by atomic mass is 35.5. The van der Waals surface area contributed by atoms with Crippen molar-refractivity contribution < 1.29 is 13.2 Å². The van der Waals surface area contributed by atoms with E-state index in [1.165, 1.54) is 17.7 Å². The van der Waals surface area contributed by atoms with E-state index in [0.717, 1.165) is 63.7 Å². The van der Waals surface area contributed by atoms with Crippen LogP contribution in [-0.4, -0.2) is 49.1 Å². The number of halogens is 5. The average molecular weight is 449 g/mol. The Bertz CT molecular complexity index is 703. The molecule has 1 saturated heterocycles. The van der Waals surface area contributed by atoms with Crippen molar-refractivity contribution in [3.63, 3.8) is 0 Å². The largest absolute Gasteiger partial charge is 0.416 e. The lowest BCUT2D eigenvalue weighted by atomic mass is 10.1. The van der Waals surface area contributed by atoms with Gasteiger partial charge in [-0.1, -0.05) is 48.5 Å². The van der Waals surface area contributed by atoms with Crippen LogP contribution in [0.2, 0.25) is 0 Å². The lowest BCUT2D eigenvalue weighted by Gasteiger charge is -2.34. The number of nitrogens with zero attached hydrogens (tertiary/aromatic N) is 2. The van der Waals surface area contributed by atoms with Crippen LogP contribution in [0, 0.1) is 0 Å². The zero-order valence-corrected chi connectivity index (χ0v) is 18.0. The van der Waals surface area contributed by atoms with Gasteiger partial charge in [0.2, 0.25) is 0 Å². The molecule has 2 aromatic rings. The summed E-state index contributed by atoms with van der Waals surface area (Å²) in [6.45, 7) is 5.99. The summed E-state index contributed by atoms with van der Waals surface area (Å²) in [6.07, 6.45) is -1.33. The highest BCUT2D eigenvalue weighted by Crippen LogP contribution is 2.29. The second-order valence-corrected chi connectivity index (χ2v) is 7.22. The molecular formula is C22H29Cl2F3N2. The molecule has 1 heterocycles. The summed E-state index contributed by atoms with van der Waals surface area (Å²) in [4.78, 5) is 4.84. The zero-order valence-electron chi connectivity index (χ0n) is 16.4. The minimum Gasteiger partial charge on any atom is -0.301 e. The summed E-state index contributed by atoms with van der Waals surface area (Å²) in [5.41, 5.74) is 1.59. The van der Waals surface area contributed by atoms with E-state index in [-0.39, 0.29) is 24.8 Å². The average Bonchev–Trinajstić information content (AvgIpc) is 2.68. The summed E-state index contributed by atoms with van der Waals surface area (Å²) in [5.74, 6) is 0. The molecule has 0 N–H and O–H groups in total. The van der Waals surface area contributed by atoms with Crippen molar-refractivity contribution in [2.45, 2.75) is 25.4 Å². The van der Waals surface area contributed by atoms with E-state index in [9.17, 15) is 13.2 Å². The Morgan fingerprint density at radius 2 is 1.28 bits per heavy atom. The van der Waals surface area contributed by atoms with Crippen molar-refractivity contribution in [2.24, 2.45) is 0 Å². The van der Waals surface area contributed by atoms with Gasteiger partial charge in [-0.25, -0.2) is 0 Å². The fraction of sp³-hybridized carbons (Fsp3) is 0.455. The van der Waals surface area contributed by atoms with Crippen LogP contribution < -0.4 is 0 Å². The second-order valence-electron chi connectivity index (χ2n) is 7.22. The molecule has 1 aliphatic rings. The normalized spacial score (nSPS) is 15.4. The molecule has 0 unspecified atom stereocenters. The van der Waals surface area contributed by atoms with Crippen molar-refractivity contribution in [2.75, 3.05) is 39.3 Å². The molecule has 0 amide bonds. The topological polar surface area (TPSA) is 6.48 Å². The molecule has 0 atom stereocenters. The number of hydrogen-bond acceptors (Lipinski definition) is 2. The van der Waals surface area contributed by atoms with Gasteiger partial charge in [0.05, 0.1) is 5.56 Å². The molecule has 1 fully saturated rings. The third-order valence-electron chi connectivity index (χ3n) is 5.22. The van der Waals surface area contributed by atoms with Gasteiger partial charge in [-0.2, -0.15) is 13.2 Å². The van der Waals surface area contributed by atoms with Crippen LogP contribution in [0.5, 0.6) is 0 Å². The Labute approximate surface area is 183 Å². The molecule has 0 radical (unpaired) electrons. The number of hydrogen-bond donors (Lipinski definition) is 0. The summed E-state index contributed by atoms with van der Waals surface area (Å²) >= 11 is 0. The van der Waals surface area contributed by atoms with Gasteiger partial charge in [-0.05, 0) is 43.0 Å². The van der Waals surface area contributed by atoms with E-state index in [2.05, 4.69) is 34.1 Å². The quantitative estimate of drug-likeness (QED) is 0.563. The SMILES string of the molecule is Cl.Cl.FC(F)(F)c1cccc(CCN2CCN(CCCc3ccccc3)CC2)c1. The molecule has 29 heavy (non-hydrogen) atoms. The van der Waals surface area contributed by atoms with Gasteiger partial charge >= 0.3 is 6.18 Å². The highest BCUT2D eigenvalue weighted by Gasteiger charge is 2.30. The first-order valence-corrected chi connectivity index (χ1v) is 9.65. The van der Waals surface area contributed by atoms with Crippen LogP contribution >= 0.6 is 24.8 Å². The van der Waals surface area contributed by atoms with E-state index >= 15 is 0 Å². The van der Waals surface area contributed by atoms with E-state index in [1.807, 2.05) is 6.07 Å². The Morgan fingerprint density at radius 1 is 0.690 bits per heavy atom. The molecule has 0 bridgehead atoms. The third-order valence-corrected chi connectivity index (χ3v) is 5.22. The molecule has 0 saturated carbocycles. The minimum absolute atomic E-state index is 0. The maximum atomic E-state index is 12.8. The van der Waals surface area contributed by atoms with Crippen LogP contribution in [0.25, 0.3) is 0 Å². The molecule has 2 nitrogen and oxygen atoms in total. The summed E-state index contributed by atoms with van der Waals surface area (Å²) in [5, 5.41) is 0. The summed E-state index contributed by atoms with van der Waals surface area (Å²) in [6, 6.07) is 16.3. The van der Waals surface area contributed by atoms with Crippen molar-refractivity contribution in [3.8, 4) is 0 Å². The molecule has 2 aromatic carbocycles. The number of benzene rings is 2. The van der Waals surface area contributed by atoms with Crippen molar-refractivity contribution in [3.05, 3.63) is 71.3 Å². The summed E-state index contributed by atoms with van der Waals surface area (Å²) in [7, 11) is 0. The first-order chi connectivity index (χ1) is 13.0. The van der Waals surface area contributed by atoms with Crippen LogP contribution in [0.15, 0.2) is 54.6 Å². The molecule has 1 aliphatic heterocycles. The molecular weight excluding hydrogens is 420 g/mol. The predicted molar refractivity (Wildman–Crippen MR) is 117 cm³/mol. The lowest BCUT2D eigenvalue weighted by Crippen LogP contribution is -2.47. The van der Waals surface area contributed by atoms with E-state index in [1.54, 1.807) is 6.07 Å². The van der Waals surface area contributed by atoms with Crippen molar-refractivity contribution in [1.82, 2.24) is 9.80 Å². The molecule has 7 heteroatoms. The molecule has 162 valence electrons. The number of aryl methyl sites for hydroxylation is 1. The van der Waals surface area contributed by atoms with Crippen LogP contribution in [0.1, 0.15) is 23.1 Å². The van der Waals surface area contributed by atoms with Gasteiger partial charge in [0.25, 0.3) is 0 Å². The Balaban J connectivity index is 0.00000210. The van der Waals surface area contributed by atoms with Gasteiger partial charge in [0, 0.05) is 32.7 Å². The third kappa shape index (κ3) is 8.55. The minimum atomic E-state index is -4.26. The second kappa shape index (κ2) is 12.4. The van der Waals surface area contributed by atoms with Gasteiger partial charge in [-0.3, -0.25) is 0 Å². The van der Waals surface area contributed by atoms with E-state index in [0.29, 0.717) is 6.42 Å². The molecule has 0 aliphatic carbocycles. The maximum Gasteiger partial charge on any atom is 0.416 e. The van der Waals surface area contributed by atoms with Gasteiger partial charge in [0.15, 0.2) is 0 Å². The number of alkyl halides is 3.